The molecule has 0 bridgehead atoms. The zero-order valence-electron chi connectivity index (χ0n) is 17.8. The van der Waals surface area contributed by atoms with E-state index in [1.165, 1.54) is 0 Å². The lowest BCUT2D eigenvalue weighted by Crippen LogP contribution is -2.05. The van der Waals surface area contributed by atoms with Crippen LogP contribution in [0.25, 0.3) is 22.3 Å². The van der Waals surface area contributed by atoms with Gasteiger partial charge in [0, 0.05) is 19.8 Å². The highest BCUT2D eigenvalue weighted by Gasteiger charge is 2.20. The summed E-state index contributed by atoms with van der Waals surface area (Å²) in [6.45, 7) is 7.14. The second kappa shape index (κ2) is 8.05. The van der Waals surface area contributed by atoms with Crippen LogP contribution >= 0.6 is 0 Å². The molecule has 0 spiro atoms. The van der Waals surface area contributed by atoms with Crippen molar-refractivity contribution < 1.29 is 4.74 Å². The van der Waals surface area contributed by atoms with Crippen molar-refractivity contribution in [3.8, 4) is 17.1 Å². The summed E-state index contributed by atoms with van der Waals surface area (Å²) in [4.78, 5) is 9.20. The van der Waals surface area contributed by atoms with Crippen LogP contribution in [0.15, 0.2) is 24.7 Å². The van der Waals surface area contributed by atoms with Crippen LogP contribution in [0.5, 0.6) is 5.88 Å². The summed E-state index contributed by atoms with van der Waals surface area (Å²) < 4.78 is 9.17. The Morgan fingerprint density at radius 3 is 2.73 bits per heavy atom. The van der Waals surface area contributed by atoms with Gasteiger partial charge in [-0.3, -0.25) is 9.36 Å². The molecule has 10 nitrogen and oxygen atoms in total. The SMILES string of the molecule is CCOc1nnccc1-c1cc(NCc2ncn(C)n2)c2c(C(C)C)nn(C)c2n1. The molecule has 0 atom stereocenters. The molecule has 4 heterocycles. The maximum atomic E-state index is 5.67. The maximum Gasteiger partial charge on any atom is 0.242 e. The van der Waals surface area contributed by atoms with Crippen molar-refractivity contribution in [1.29, 1.82) is 0 Å². The minimum Gasteiger partial charge on any atom is -0.476 e. The van der Waals surface area contributed by atoms with E-state index in [9.17, 15) is 0 Å². The van der Waals surface area contributed by atoms with Gasteiger partial charge in [0.05, 0.1) is 41.7 Å². The highest BCUT2D eigenvalue weighted by Crippen LogP contribution is 2.35. The summed E-state index contributed by atoms with van der Waals surface area (Å²) in [5.74, 6) is 1.41. The maximum absolute atomic E-state index is 5.67. The summed E-state index contributed by atoms with van der Waals surface area (Å²) in [5, 5.41) is 21.6. The van der Waals surface area contributed by atoms with Gasteiger partial charge in [0.2, 0.25) is 5.88 Å². The molecule has 0 saturated heterocycles. The van der Waals surface area contributed by atoms with Gasteiger partial charge in [-0.05, 0) is 25.0 Å². The Labute approximate surface area is 174 Å². The Morgan fingerprint density at radius 1 is 1.20 bits per heavy atom. The van der Waals surface area contributed by atoms with Crippen molar-refractivity contribution in [1.82, 2.24) is 39.7 Å². The molecule has 1 N–H and O–H groups in total. The van der Waals surface area contributed by atoms with Gasteiger partial charge < -0.3 is 10.1 Å². The highest BCUT2D eigenvalue weighted by atomic mass is 16.5. The molecule has 0 aromatic carbocycles. The zero-order valence-corrected chi connectivity index (χ0v) is 17.8. The summed E-state index contributed by atoms with van der Waals surface area (Å²) in [6.07, 6.45) is 3.32. The Balaban J connectivity index is 1.86. The summed E-state index contributed by atoms with van der Waals surface area (Å²) in [5.41, 5.74) is 4.20. The molecule has 0 aliphatic heterocycles. The number of aryl methyl sites for hydroxylation is 2. The van der Waals surface area contributed by atoms with E-state index in [1.54, 1.807) is 17.2 Å². The normalized spacial score (nSPS) is 11.4. The standard InChI is InChI=1S/C20H25N9O/c1-6-30-20-13(7-8-23-25-20)14-9-15(21-10-16-22-11-28(4)26-16)17-18(12(2)3)27-29(5)19(17)24-14/h7-9,11-12H,6,10H2,1-5H3,(H,21,24). The third-order valence-electron chi connectivity index (χ3n) is 4.70. The minimum atomic E-state index is 0.247. The number of hydrogen-bond donors (Lipinski definition) is 1. The number of rotatable bonds is 7. The quantitative estimate of drug-likeness (QED) is 0.498. The van der Waals surface area contributed by atoms with E-state index in [0.29, 0.717) is 24.9 Å². The van der Waals surface area contributed by atoms with Gasteiger partial charge >= 0.3 is 0 Å². The Bertz CT molecular complexity index is 1180. The largest absolute Gasteiger partial charge is 0.476 e. The number of nitrogens with one attached hydrogen (secondary N) is 1. The van der Waals surface area contributed by atoms with Gasteiger partial charge in [-0.25, -0.2) is 9.97 Å². The molecule has 4 aromatic heterocycles. The topological polar surface area (TPSA) is 108 Å². The van der Waals surface area contributed by atoms with Crippen molar-refractivity contribution in [2.75, 3.05) is 11.9 Å². The Hall–Kier alpha value is -3.56. The Morgan fingerprint density at radius 2 is 2.03 bits per heavy atom. The predicted molar refractivity (Wildman–Crippen MR) is 113 cm³/mol. The molecular formula is C20H25N9O. The molecule has 4 aromatic rings. The fourth-order valence-corrected chi connectivity index (χ4v) is 3.36. The van der Waals surface area contributed by atoms with Gasteiger partial charge in [0.25, 0.3) is 0 Å². The van der Waals surface area contributed by atoms with Crippen LogP contribution in [0.4, 0.5) is 5.69 Å². The third kappa shape index (κ3) is 3.68. The average molecular weight is 407 g/mol. The van der Waals surface area contributed by atoms with Gasteiger partial charge in [-0.1, -0.05) is 13.8 Å². The molecule has 156 valence electrons. The van der Waals surface area contributed by atoms with Crippen molar-refractivity contribution in [2.24, 2.45) is 14.1 Å². The number of nitrogens with zero attached hydrogens (tertiary/aromatic N) is 8. The molecule has 0 aliphatic rings. The first-order valence-corrected chi connectivity index (χ1v) is 9.88. The van der Waals surface area contributed by atoms with Crippen LogP contribution in [0, 0.1) is 0 Å². The van der Waals surface area contributed by atoms with Gasteiger partial charge in [-0.15, -0.1) is 5.10 Å². The van der Waals surface area contributed by atoms with Gasteiger partial charge in [-0.2, -0.15) is 15.3 Å². The Kier molecular flexibility index (Phi) is 5.30. The smallest absolute Gasteiger partial charge is 0.242 e. The molecule has 10 heteroatoms. The molecule has 0 unspecified atom stereocenters. The molecule has 0 fully saturated rings. The van der Waals surface area contributed by atoms with E-state index in [0.717, 1.165) is 33.7 Å². The number of fused-ring (bicyclic) bond motifs is 1. The highest BCUT2D eigenvalue weighted by molar-refractivity contribution is 5.94. The van der Waals surface area contributed by atoms with Crippen LogP contribution in [0.2, 0.25) is 0 Å². The number of aromatic nitrogens is 8. The lowest BCUT2D eigenvalue weighted by atomic mass is 10.0. The van der Waals surface area contributed by atoms with Crippen LogP contribution in [-0.2, 0) is 20.6 Å². The van der Waals surface area contributed by atoms with E-state index in [2.05, 4.69) is 39.4 Å². The third-order valence-corrected chi connectivity index (χ3v) is 4.70. The second-order valence-electron chi connectivity index (χ2n) is 7.29. The summed E-state index contributed by atoms with van der Waals surface area (Å²) in [6, 6.07) is 3.86. The predicted octanol–water partition coefficient (Wildman–Crippen LogP) is 2.69. The van der Waals surface area contributed by atoms with Crippen molar-refractivity contribution in [2.45, 2.75) is 33.2 Å². The second-order valence-corrected chi connectivity index (χ2v) is 7.29. The molecule has 0 aliphatic carbocycles. The molecule has 4 rings (SSSR count). The van der Waals surface area contributed by atoms with Crippen molar-refractivity contribution in [3.63, 3.8) is 0 Å². The molecular weight excluding hydrogens is 382 g/mol. The van der Waals surface area contributed by atoms with Crippen LogP contribution in [0.3, 0.4) is 0 Å². The molecule has 0 saturated carbocycles. The molecule has 0 radical (unpaired) electrons. The van der Waals surface area contributed by atoms with Crippen LogP contribution in [-0.4, -0.2) is 46.3 Å². The van der Waals surface area contributed by atoms with Crippen molar-refractivity contribution in [3.05, 3.63) is 36.2 Å². The van der Waals surface area contributed by atoms with E-state index in [1.807, 2.05) is 37.8 Å². The van der Waals surface area contributed by atoms with Crippen molar-refractivity contribution >= 4 is 16.7 Å². The number of anilines is 1. The first-order chi connectivity index (χ1) is 14.5. The zero-order chi connectivity index (χ0) is 21.3. The average Bonchev–Trinajstić information content (AvgIpc) is 3.30. The number of pyridine rings is 1. The van der Waals surface area contributed by atoms with Crippen LogP contribution < -0.4 is 10.1 Å². The fourth-order valence-electron chi connectivity index (χ4n) is 3.36. The van der Waals surface area contributed by atoms with E-state index in [4.69, 9.17) is 14.8 Å². The van der Waals surface area contributed by atoms with Gasteiger partial charge in [0.15, 0.2) is 11.5 Å². The summed E-state index contributed by atoms with van der Waals surface area (Å²) in [7, 11) is 3.76. The minimum absolute atomic E-state index is 0.247. The number of hydrogen-bond acceptors (Lipinski definition) is 8. The summed E-state index contributed by atoms with van der Waals surface area (Å²) >= 11 is 0. The lowest BCUT2D eigenvalue weighted by Gasteiger charge is -2.12. The number of ether oxygens (including phenoxy) is 1. The first-order valence-electron chi connectivity index (χ1n) is 9.88. The monoisotopic (exact) mass is 407 g/mol. The van der Waals surface area contributed by atoms with Crippen LogP contribution in [0.1, 0.15) is 38.2 Å². The van der Waals surface area contributed by atoms with E-state index < -0.39 is 0 Å². The molecule has 30 heavy (non-hydrogen) atoms. The fraction of sp³-hybridized carbons (Fsp3) is 0.400. The van der Waals surface area contributed by atoms with E-state index >= 15 is 0 Å². The molecule has 0 amide bonds. The lowest BCUT2D eigenvalue weighted by molar-refractivity contribution is 0.324. The van der Waals surface area contributed by atoms with E-state index in [-0.39, 0.29) is 5.92 Å². The van der Waals surface area contributed by atoms with Gasteiger partial charge in [0.1, 0.15) is 6.33 Å². The first kappa shape index (κ1) is 19.7.